The molecule has 1 aliphatic heterocycles. The summed E-state index contributed by atoms with van der Waals surface area (Å²) in [7, 11) is 0. The molecule has 0 unspecified atom stereocenters. The summed E-state index contributed by atoms with van der Waals surface area (Å²) in [5.41, 5.74) is 0.615. The Balaban J connectivity index is 1.76. The highest BCUT2D eigenvalue weighted by molar-refractivity contribution is 5.91. The van der Waals surface area contributed by atoms with E-state index >= 15 is 0 Å². The second kappa shape index (κ2) is 6.05. The number of ether oxygens (including phenoxy) is 2. The number of amides is 1. The van der Waals surface area contributed by atoms with Gasteiger partial charge in [0, 0.05) is 12.0 Å². The van der Waals surface area contributed by atoms with Crippen molar-refractivity contribution in [3.63, 3.8) is 0 Å². The van der Waals surface area contributed by atoms with E-state index in [0.29, 0.717) is 25.2 Å². The van der Waals surface area contributed by atoms with E-state index in [1.165, 1.54) is 12.1 Å². The first-order valence-electron chi connectivity index (χ1n) is 7.00. The van der Waals surface area contributed by atoms with Gasteiger partial charge in [0.05, 0.1) is 25.3 Å². The molecule has 3 rings (SSSR count). The quantitative estimate of drug-likeness (QED) is 0.939. The summed E-state index contributed by atoms with van der Waals surface area (Å²) < 4.78 is 29.1. The molecule has 6 nitrogen and oxygen atoms in total. The van der Waals surface area contributed by atoms with Gasteiger partial charge in [0.15, 0.2) is 11.6 Å². The molecule has 0 spiro atoms. The van der Waals surface area contributed by atoms with Gasteiger partial charge in [-0.05, 0) is 18.1 Å². The lowest BCUT2D eigenvalue weighted by Crippen LogP contribution is -2.32. The van der Waals surface area contributed by atoms with Crippen molar-refractivity contribution in [1.82, 2.24) is 10.5 Å². The van der Waals surface area contributed by atoms with Crippen LogP contribution in [0.4, 0.5) is 4.39 Å². The molecule has 0 fully saturated rings. The van der Waals surface area contributed by atoms with Crippen LogP contribution in [-0.4, -0.2) is 24.3 Å². The summed E-state index contributed by atoms with van der Waals surface area (Å²) in [5, 5.41) is 6.43. The lowest BCUT2D eigenvalue weighted by Gasteiger charge is -2.26. The number of carbonyl (C=O) groups excluding carboxylic acids is 1. The van der Waals surface area contributed by atoms with Crippen LogP contribution < -0.4 is 14.8 Å². The number of carbonyl (C=O) groups is 1. The summed E-state index contributed by atoms with van der Waals surface area (Å²) in [6.07, 6.45) is 0.550. The molecule has 1 aromatic carbocycles. The zero-order valence-electron chi connectivity index (χ0n) is 12.0. The van der Waals surface area contributed by atoms with E-state index in [1.807, 2.05) is 6.92 Å². The molecule has 22 heavy (non-hydrogen) atoms. The highest BCUT2D eigenvalue weighted by atomic mass is 19.1. The van der Waals surface area contributed by atoms with Crippen molar-refractivity contribution in [2.75, 3.05) is 13.2 Å². The van der Waals surface area contributed by atoms with Gasteiger partial charge in [-0.3, -0.25) is 4.79 Å². The molecule has 2 heterocycles. The Morgan fingerprint density at radius 2 is 2.41 bits per heavy atom. The summed E-state index contributed by atoms with van der Waals surface area (Å²) in [6, 6.07) is 5.73. The Labute approximate surface area is 126 Å². The zero-order valence-corrected chi connectivity index (χ0v) is 12.0. The third-order valence-corrected chi connectivity index (χ3v) is 3.34. The molecule has 1 N–H and O–H groups in total. The fourth-order valence-electron chi connectivity index (χ4n) is 2.35. The molecule has 0 aliphatic carbocycles. The number of rotatable bonds is 4. The van der Waals surface area contributed by atoms with Gasteiger partial charge in [-0.15, -0.1) is 0 Å². The first-order chi connectivity index (χ1) is 10.7. The van der Waals surface area contributed by atoms with E-state index in [1.54, 1.807) is 12.1 Å². The molecule has 0 saturated heterocycles. The average molecular weight is 306 g/mol. The van der Waals surface area contributed by atoms with E-state index in [0.717, 1.165) is 0 Å². The molecule has 7 heteroatoms. The average Bonchev–Trinajstić information content (AvgIpc) is 2.97. The molecule has 1 aliphatic rings. The van der Waals surface area contributed by atoms with Crippen LogP contribution in [0.15, 0.2) is 28.8 Å². The second-order valence-electron chi connectivity index (χ2n) is 4.78. The van der Waals surface area contributed by atoms with Gasteiger partial charge in [0.1, 0.15) is 0 Å². The number of nitrogens with zero attached hydrogens (tertiary/aromatic N) is 1. The lowest BCUT2D eigenvalue weighted by atomic mass is 10.00. The number of nitrogens with one attached hydrogen (secondary N) is 1. The van der Waals surface area contributed by atoms with Gasteiger partial charge in [-0.2, -0.15) is 0 Å². The SMILES string of the molecule is CCOc1cc(C(=O)N[C@H]2CCOc3c(F)cccc32)on1. The summed E-state index contributed by atoms with van der Waals surface area (Å²) in [4.78, 5) is 12.2. The monoisotopic (exact) mass is 306 g/mol. The van der Waals surface area contributed by atoms with Gasteiger partial charge in [0.2, 0.25) is 5.76 Å². The highest BCUT2D eigenvalue weighted by Gasteiger charge is 2.26. The summed E-state index contributed by atoms with van der Waals surface area (Å²) in [5.74, 6) is -0.374. The van der Waals surface area contributed by atoms with E-state index in [-0.39, 0.29) is 23.4 Å². The van der Waals surface area contributed by atoms with Crippen molar-refractivity contribution >= 4 is 5.91 Å². The van der Waals surface area contributed by atoms with Crippen molar-refractivity contribution in [2.45, 2.75) is 19.4 Å². The molecule has 1 aromatic heterocycles. The molecule has 116 valence electrons. The smallest absolute Gasteiger partial charge is 0.290 e. The molecule has 1 amide bonds. The number of benzene rings is 1. The van der Waals surface area contributed by atoms with Crippen molar-refractivity contribution in [3.8, 4) is 11.6 Å². The van der Waals surface area contributed by atoms with Crippen LogP contribution in [0.25, 0.3) is 0 Å². The predicted molar refractivity (Wildman–Crippen MR) is 74.4 cm³/mol. The molecular weight excluding hydrogens is 291 g/mol. The predicted octanol–water partition coefficient (Wildman–Crippen LogP) is 2.47. The van der Waals surface area contributed by atoms with E-state index in [2.05, 4.69) is 10.5 Å². The highest BCUT2D eigenvalue weighted by Crippen LogP contribution is 2.34. The number of hydrogen-bond donors (Lipinski definition) is 1. The number of hydrogen-bond acceptors (Lipinski definition) is 5. The van der Waals surface area contributed by atoms with Gasteiger partial charge in [-0.1, -0.05) is 12.1 Å². The topological polar surface area (TPSA) is 73.6 Å². The third kappa shape index (κ3) is 2.74. The Bertz CT molecular complexity index is 686. The number of halogens is 1. The Morgan fingerprint density at radius 3 is 3.23 bits per heavy atom. The van der Waals surface area contributed by atoms with Gasteiger partial charge in [0.25, 0.3) is 11.8 Å². The lowest BCUT2D eigenvalue weighted by molar-refractivity contribution is 0.0886. The molecule has 0 saturated carbocycles. The van der Waals surface area contributed by atoms with Crippen molar-refractivity contribution in [1.29, 1.82) is 0 Å². The van der Waals surface area contributed by atoms with E-state index in [9.17, 15) is 9.18 Å². The Kier molecular flexibility index (Phi) is 3.95. The maximum atomic E-state index is 13.7. The maximum Gasteiger partial charge on any atom is 0.290 e. The van der Waals surface area contributed by atoms with Crippen LogP contribution in [-0.2, 0) is 0 Å². The second-order valence-corrected chi connectivity index (χ2v) is 4.78. The normalized spacial score (nSPS) is 16.5. The minimum Gasteiger partial charge on any atom is -0.490 e. The van der Waals surface area contributed by atoms with Crippen LogP contribution in [0.2, 0.25) is 0 Å². The third-order valence-electron chi connectivity index (χ3n) is 3.34. The minimum atomic E-state index is -0.435. The molecule has 0 radical (unpaired) electrons. The number of para-hydroxylation sites is 1. The van der Waals surface area contributed by atoms with Crippen molar-refractivity contribution in [3.05, 3.63) is 41.4 Å². The van der Waals surface area contributed by atoms with Crippen molar-refractivity contribution in [2.24, 2.45) is 0 Å². The fraction of sp³-hybridized carbons (Fsp3) is 0.333. The first kappa shape index (κ1) is 14.4. The van der Waals surface area contributed by atoms with E-state index in [4.69, 9.17) is 14.0 Å². The fourth-order valence-corrected chi connectivity index (χ4v) is 2.35. The summed E-state index contributed by atoms with van der Waals surface area (Å²) >= 11 is 0. The number of fused-ring (bicyclic) bond motifs is 1. The molecule has 2 aromatic rings. The van der Waals surface area contributed by atoms with Gasteiger partial charge in [-0.25, -0.2) is 4.39 Å². The van der Waals surface area contributed by atoms with Crippen LogP contribution in [0.5, 0.6) is 11.6 Å². The zero-order chi connectivity index (χ0) is 15.5. The Hall–Kier alpha value is -2.57. The maximum absolute atomic E-state index is 13.7. The number of aromatic nitrogens is 1. The van der Waals surface area contributed by atoms with E-state index < -0.39 is 11.7 Å². The Morgan fingerprint density at radius 1 is 1.55 bits per heavy atom. The van der Waals surface area contributed by atoms with Crippen molar-refractivity contribution < 1.29 is 23.2 Å². The molecular formula is C15H15FN2O4. The summed E-state index contributed by atoms with van der Waals surface area (Å²) in [6.45, 7) is 2.57. The standard InChI is InChI=1S/C15H15FN2O4/c1-2-20-13-8-12(22-18-13)15(19)17-11-6-7-21-14-9(11)4-3-5-10(14)16/h3-5,8,11H,2,6-7H2,1H3,(H,17,19)/t11-/m0/s1. The van der Waals surface area contributed by atoms with Gasteiger partial charge >= 0.3 is 0 Å². The largest absolute Gasteiger partial charge is 0.490 e. The van der Waals surface area contributed by atoms with Crippen LogP contribution in [0.1, 0.15) is 35.5 Å². The van der Waals surface area contributed by atoms with Crippen LogP contribution in [0, 0.1) is 5.82 Å². The van der Waals surface area contributed by atoms with Crippen LogP contribution in [0.3, 0.4) is 0 Å². The first-order valence-corrected chi connectivity index (χ1v) is 7.00. The molecule has 1 atom stereocenters. The van der Waals surface area contributed by atoms with Crippen LogP contribution >= 0.6 is 0 Å². The molecule has 0 bridgehead atoms. The van der Waals surface area contributed by atoms with Gasteiger partial charge < -0.3 is 19.3 Å². The minimum absolute atomic E-state index is 0.0490.